The number of likely N-dealkylation sites (N-methyl/N-ethyl adjacent to an activating group) is 1. The summed E-state index contributed by atoms with van der Waals surface area (Å²) < 4.78 is 25.7. The Bertz CT molecular complexity index is 347. The molecule has 0 spiro atoms. The summed E-state index contributed by atoms with van der Waals surface area (Å²) in [6, 6.07) is 0. The minimum atomic E-state index is -3.23. The molecule has 0 aliphatic heterocycles. The monoisotopic (exact) mass is 277 g/mol. The van der Waals surface area contributed by atoms with Crippen molar-refractivity contribution in [3.8, 4) is 0 Å². The topological polar surface area (TPSA) is 57.6 Å². The summed E-state index contributed by atoms with van der Waals surface area (Å²) in [4.78, 5) is 0. The van der Waals surface area contributed by atoms with Crippen LogP contribution >= 0.6 is 0 Å². The van der Waals surface area contributed by atoms with Crippen molar-refractivity contribution < 1.29 is 13.5 Å². The normalized spacial score (nSPS) is 21.4. The van der Waals surface area contributed by atoms with Crippen LogP contribution in [-0.2, 0) is 10.0 Å². The Balaban J connectivity index is 2.56. The lowest BCUT2D eigenvalue weighted by Gasteiger charge is -2.28. The number of hydrogen-bond acceptors (Lipinski definition) is 3. The van der Waals surface area contributed by atoms with E-state index in [4.69, 9.17) is 0 Å². The fraction of sp³-hybridized carbons (Fsp3) is 1.00. The van der Waals surface area contributed by atoms with Gasteiger partial charge < -0.3 is 5.11 Å². The maximum Gasteiger partial charge on any atom is 0.214 e. The SMILES string of the molecule is CCCC(C)CS(=O)(=O)N(C)CC1(O)CCCC1. The van der Waals surface area contributed by atoms with Crippen LogP contribution in [0.5, 0.6) is 0 Å². The zero-order valence-electron chi connectivity index (χ0n) is 11.9. The lowest BCUT2D eigenvalue weighted by Crippen LogP contribution is -2.43. The molecule has 1 aliphatic carbocycles. The third kappa shape index (κ3) is 4.52. The van der Waals surface area contributed by atoms with Crippen molar-refractivity contribution in [2.45, 2.75) is 58.0 Å². The first-order chi connectivity index (χ1) is 8.29. The minimum absolute atomic E-state index is 0.181. The van der Waals surface area contributed by atoms with E-state index < -0.39 is 15.6 Å². The number of aliphatic hydroxyl groups is 1. The molecule has 0 aromatic carbocycles. The van der Waals surface area contributed by atoms with Gasteiger partial charge in [0.05, 0.1) is 11.4 Å². The molecule has 0 radical (unpaired) electrons. The quantitative estimate of drug-likeness (QED) is 0.774. The molecule has 1 N–H and O–H groups in total. The predicted molar refractivity (Wildman–Crippen MR) is 73.9 cm³/mol. The fourth-order valence-corrected chi connectivity index (χ4v) is 4.34. The van der Waals surface area contributed by atoms with Crippen molar-refractivity contribution in [3.05, 3.63) is 0 Å². The van der Waals surface area contributed by atoms with Crippen LogP contribution in [0.25, 0.3) is 0 Å². The van der Waals surface area contributed by atoms with Gasteiger partial charge in [0.2, 0.25) is 10.0 Å². The number of rotatable bonds is 7. The molecule has 1 unspecified atom stereocenters. The van der Waals surface area contributed by atoms with E-state index >= 15 is 0 Å². The lowest BCUT2D eigenvalue weighted by atomic mass is 10.0. The molecule has 0 heterocycles. The molecule has 1 saturated carbocycles. The number of hydrogen-bond donors (Lipinski definition) is 1. The molecule has 0 aromatic heterocycles. The third-order valence-corrected chi connectivity index (χ3v) is 5.87. The molecule has 0 saturated heterocycles. The number of nitrogens with zero attached hydrogens (tertiary/aromatic N) is 1. The lowest BCUT2D eigenvalue weighted by molar-refractivity contribution is 0.0333. The highest BCUT2D eigenvalue weighted by Gasteiger charge is 2.35. The van der Waals surface area contributed by atoms with E-state index in [0.29, 0.717) is 0 Å². The van der Waals surface area contributed by atoms with Crippen molar-refractivity contribution in [1.82, 2.24) is 4.31 Å². The van der Waals surface area contributed by atoms with E-state index in [0.717, 1.165) is 38.5 Å². The van der Waals surface area contributed by atoms with Gasteiger partial charge in [-0.05, 0) is 25.2 Å². The van der Waals surface area contributed by atoms with E-state index in [9.17, 15) is 13.5 Å². The molecule has 0 amide bonds. The molecular formula is C13H27NO3S. The van der Waals surface area contributed by atoms with Gasteiger partial charge in [-0.3, -0.25) is 0 Å². The fourth-order valence-electron chi connectivity index (χ4n) is 2.77. The van der Waals surface area contributed by atoms with Crippen molar-refractivity contribution in [2.24, 2.45) is 5.92 Å². The maximum atomic E-state index is 12.2. The molecule has 18 heavy (non-hydrogen) atoms. The summed E-state index contributed by atoms with van der Waals surface area (Å²) in [6.07, 6.45) is 5.36. The smallest absolute Gasteiger partial charge is 0.214 e. The van der Waals surface area contributed by atoms with Gasteiger partial charge in [0.15, 0.2) is 0 Å². The van der Waals surface area contributed by atoms with Crippen LogP contribution in [0.1, 0.15) is 52.4 Å². The Hall–Kier alpha value is -0.130. The first-order valence-corrected chi connectivity index (χ1v) is 8.56. The molecule has 1 atom stereocenters. The average Bonchev–Trinajstić information content (AvgIpc) is 2.64. The van der Waals surface area contributed by atoms with E-state index in [1.165, 1.54) is 4.31 Å². The Kier molecular flexibility index (Phi) is 5.62. The zero-order valence-corrected chi connectivity index (χ0v) is 12.7. The summed E-state index contributed by atoms with van der Waals surface area (Å²) in [5, 5.41) is 10.3. The molecule has 1 rings (SSSR count). The second-order valence-electron chi connectivity index (χ2n) is 5.86. The predicted octanol–water partition coefficient (Wildman–Crippen LogP) is 1.99. The Morgan fingerprint density at radius 2 is 1.89 bits per heavy atom. The molecule has 1 fully saturated rings. The second-order valence-corrected chi connectivity index (χ2v) is 7.98. The highest BCUT2D eigenvalue weighted by atomic mass is 32.2. The zero-order chi connectivity index (χ0) is 13.8. The van der Waals surface area contributed by atoms with Crippen LogP contribution in [-0.4, -0.2) is 42.8 Å². The van der Waals surface area contributed by atoms with Gasteiger partial charge in [-0.15, -0.1) is 0 Å². The van der Waals surface area contributed by atoms with E-state index in [1.807, 2.05) is 6.92 Å². The Morgan fingerprint density at radius 1 is 1.33 bits per heavy atom. The number of sulfonamides is 1. The molecule has 108 valence electrons. The first kappa shape index (κ1) is 15.9. The summed E-state index contributed by atoms with van der Waals surface area (Å²) in [5.41, 5.74) is -0.796. The van der Waals surface area contributed by atoms with Gasteiger partial charge in [-0.2, -0.15) is 0 Å². The van der Waals surface area contributed by atoms with Gasteiger partial charge in [0, 0.05) is 13.6 Å². The molecule has 4 nitrogen and oxygen atoms in total. The van der Waals surface area contributed by atoms with Crippen molar-refractivity contribution in [3.63, 3.8) is 0 Å². The van der Waals surface area contributed by atoms with Crippen molar-refractivity contribution in [1.29, 1.82) is 0 Å². The average molecular weight is 277 g/mol. The van der Waals surface area contributed by atoms with Gasteiger partial charge in [-0.1, -0.05) is 33.1 Å². The van der Waals surface area contributed by atoms with Gasteiger partial charge in [-0.25, -0.2) is 12.7 Å². The maximum absolute atomic E-state index is 12.2. The summed E-state index contributed by atoms with van der Waals surface area (Å²) in [6.45, 7) is 4.28. The van der Waals surface area contributed by atoms with Crippen LogP contribution in [0, 0.1) is 5.92 Å². The van der Waals surface area contributed by atoms with Crippen LogP contribution in [0.3, 0.4) is 0 Å². The highest BCUT2D eigenvalue weighted by Crippen LogP contribution is 2.30. The largest absolute Gasteiger partial charge is 0.389 e. The van der Waals surface area contributed by atoms with Crippen LogP contribution in [0.15, 0.2) is 0 Å². The Labute approximate surface area is 111 Å². The van der Waals surface area contributed by atoms with Crippen LogP contribution in [0.4, 0.5) is 0 Å². The van der Waals surface area contributed by atoms with Gasteiger partial charge in [0.25, 0.3) is 0 Å². The van der Waals surface area contributed by atoms with E-state index in [1.54, 1.807) is 7.05 Å². The molecule has 1 aliphatic rings. The van der Waals surface area contributed by atoms with Crippen LogP contribution in [0.2, 0.25) is 0 Å². The van der Waals surface area contributed by atoms with Crippen molar-refractivity contribution >= 4 is 10.0 Å². The Morgan fingerprint density at radius 3 is 2.39 bits per heavy atom. The summed E-state index contributed by atoms with van der Waals surface area (Å²) >= 11 is 0. The standard InChI is InChI=1S/C13H27NO3S/c1-4-7-12(2)10-18(16,17)14(3)11-13(15)8-5-6-9-13/h12,15H,4-11H2,1-3H3. The van der Waals surface area contributed by atoms with Gasteiger partial charge >= 0.3 is 0 Å². The van der Waals surface area contributed by atoms with Crippen LogP contribution < -0.4 is 0 Å². The summed E-state index contributed by atoms with van der Waals surface area (Å²) in [5.74, 6) is 0.369. The third-order valence-electron chi connectivity index (χ3n) is 3.80. The molecule has 0 bridgehead atoms. The van der Waals surface area contributed by atoms with E-state index in [2.05, 4.69) is 6.92 Å². The second kappa shape index (κ2) is 6.35. The van der Waals surface area contributed by atoms with Gasteiger partial charge in [0.1, 0.15) is 0 Å². The first-order valence-electron chi connectivity index (χ1n) is 6.95. The summed E-state index contributed by atoms with van der Waals surface area (Å²) in [7, 11) is -1.65. The molecule has 0 aromatic rings. The minimum Gasteiger partial charge on any atom is -0.389 e. The van der Waals surface area contributed by atoms with Crippen molar-refractivity contribution in [2.75, 3.05) is 19.3 Å². The van der Waals surface area contributed by atoms with E-state index in [-0.39, 0.29) is 18.2 Å². The molecule has 5 heteroatoms. The highest BCUT2D eigenvalue weighted by molar-refractivity contribution is 7.89. The molecular weight excluding hydrogens is 250 g/mol.